The van der Waals surface area contributed by atoms with Crippen molar-refractivity contribution in [1.82, 2.24) is 0 Å². The molecular formula is C9H12O3. The highest BCUT2D eigenvalue weighted by molar-refractivity contribution is 5.75. The number of rotatable bonds is 4. The third kappa shape index (κ3) is 1.87. The van der Waals surface area contributed by atoms with Crippen LogP contribution < -0.4 is 0 Å². The molecule has 0 aliphatic heterocycles. The van der Waals surface area contributed by atoms with Crippen molar-refractivity contribution in [1.29, 1.82) is 0 Å². The van der Waals surface area contributed by atoms with E-state index in [1.54, 1.807) is 12.1 Å². The Hall–Kier alpha value is -1.25. The highest BCUT2D eigenvalue weighted by atomic mass is 16.4. The second kappa shape index (κ2) is 3.95. The topological polar surface area (TPSA) is 50.4 Å². The van der Waals surface area contributed by atoms with E-state index in [0.29, 0.717) is 12.2 Å². The fraction of sp³-hybridized carbons (Fsp3) is 0.444. The molecule has 0 saturated carbocycles. The van der Waals surface area contributed by atoms with Gasteiger partial charge in [-0.05, 0) is 18.6 Å². The number of furan rings is 1. The summed E-state index contributed by atoms with van der Waals surface area (Å²) in [6, 6.07) is 3.41. The van der Waals surface area contributed by atoms with Crippen LogP contribution in [0.15, 0.2) is 22.8 Å². The van der Waals surface area contributed by atoms with Crippen molar-refractivity contribution in [2.75, 3.05) is 0 Å². The zero-order valence-corrected chi connectivity index (χ0v) is 6.99. The zero-order chi connectivity index (χ0) is 8.97. The smallest absolute Gasteiger partial charge is 0.314 e. The standard InChI is InChI=1S/C9H12O3/c1-2-4-7(9(10)11)8-5-3-6-12-8/h3,5-7H,2,4H2,1H3,(H,10,11). The molecule has 1 aromatic rings. The molecule has 12 heavy (non-hydrogen) atoms. The summed E-state index contributed by atoms with van der Waals surface area (Å²) < 4.78 is 5.03. The fourth-order valence-corrected chi connectivity index (χ4v) is 1.17. The van der Waals surface area contributed by atoms with E-state index >= 15 is 0 Å². The maximum atomic E-state index is 10.7. The van der Waals surface area contributed by atoms with Crippen molar-refractivity contribution >= 4 is 5.97 Å². The van der Waals surface area contributed by atoms with Crippen LogP contribution in [-0.2, 0) is 4.79 Å². The van der Waals surface area contributed by atoms with Gasteiger partial charge in [-0.15, -0.1) is 0 Å². The molecule has 0 aromatic carbocycles. The van der Waals surface area contributed by atoms with E-state index in [-0.39, 0.29) is 0 Å². The van der Waals surface area contributed by atoms with Gasteiger partial charge in [-0.1, -0.05) is 13.3 Å². The van der Waals surface area contributed by atoms with Crippen LogP contribution in [0.5, 0.6) is 0 Å². The summed E-state index contributed by atoms with van der Waals surface area (Å²) in [4.78, 5) is 10.7. The van der Waals surface area contributed by atoms with Gasteiger partial charge < -0.3 is 9.52 Å². The third-order valence-electron chi connectivity index (χ3n) is 1.76. The predicted octanol–water partition coefficient (Wildman–Crippen LogP) is 2.25. The molecule has 66 valence electrons. The average molecular weight is 168 g/mol. The Labute approximate surface area is 71.0 Å². The summed E-state index contributed by atoms with van der Waals surface area (Å²) in [7, 11) is 0. The lowest BCUT2D eigenvalue weighted by molar-refractivity contribution is -0.139. The van der Waals surface area contributed by atoms with Gasteiger partial charge in [0.25, 0.3) is 0 Å². The highest BCUT2D eigenvalue weighted by Gasteiger charge is 2.20. The van der Waals surface area contributed by atoms with Crippen molar-refractivity contribution in [2.45, 2.75) is 25.7 Å². The SMILES string of the molecule is CCCC(C(=O)O)c1ccco1. The molecule has 1 N–H and O–H groups in total. The molecule has 1 aromatic heterocycles. The lowest BCUT2D eigenvalue weighted by Gasteiger charge is -2.06. The first kappa shape index (κ1) is 8.84. The number of aliphatic carboxylic acids is 1. The Kier molecular flexibility index (Phi) is 2.91. The van der Waals surface area contributed by atoms with Crippen LogP contribution in [0.2, 0.25) is 0 Å². The van der Waals surface area contributed by atoms with Gasteiger partial charge in [0.05, 0.1) is 6.26 Å². The number of hydrogen-bond acceptors (Lipinski definition) is 2. The number of carboxylic acid groups (broad SMARTS) is 1. The van der Waals surface area contributed by atoms with Gasteiger partial charge in [-0.3, -0.25) is 4.79 Å². The molecule has 0 spiro atoms. The summed E-state index contributed by atoms with van der Waals surface area (Å²) in [5, 5.41) is 8.82. The van der Waals surface area contributed by atoms with E-state index in [9.17, 15) is 4.79 Å². The normalized spacial score (nSPS) is 12.8. The molecule has 1 unspecified atom stereocenters. The highest BCUT2D eigenvalue weighted by Crippen LogP contribution is 2.21. The average Bonchev–Trinajstić information content (AvgIpc) is 2.51. The van der Waals surface area contributed by atoms with Gasteiger partial charge in [0.1, 0.15) is 11.7 Å². The summed E-state index contributed by atoms with van der Waals surface area (Å²) in [5.74, 6) is -0.749. The van der Waals surface area contributed by atoms with E-state index in [0.717, 1.165) is 6.42 Å². The molecule has 0 saturated heterocycles. The van der Waals surface area contributed by atoms with E-state index in [4.69, 9.17) is 9.52 Å². The van der Waals surface area contributed by atoms with Crippen LogP contribution >= 0.6 is 0 Å². The minimum Gasteiger partial charge on any atom is -0.481 e. The molecular weight excluding hydrogens is 156 g/mol. The van der Waals surface area contributed by atoms with Gasteiger partial charge >= 0.3 is 5.97 Å². The lowest BCUT2D eigenvalue weighted by Crippen LogP contribution is -2.10. The van der Waals surface area contributed by atoms with Crippen LogP contribution in [0.4, 0.5) is 0 Å². The molecule has 0 amide bonds. The van der Waals surface area contributed by atoms with E-state index < -0.39 is 11.9 Å². The maximum Gasteiger partial charge on any atom is 0.314 e. The van der Waals surface area contributed by atoms with Crippen molar-refractivity contribution in [3.05, 3.63) is 24.2 Å². The predicted molar refractivity (Wildman–Crippen MR) is 44.0 cm³/mol. The zero-order valence-electron chi connectivity index (χ0n) is 6.99. The maximum absolute atomic E-state index is 10.7. The minimum atomic E-state index is -0.813. The van der Waals surface area contributed by atoms with E-state index in [1.165, 1.54) is 6.26 Å². The van der Waals surface area contributed by atoms with Gasteiger partial charge in [-0.2, -0.15) is 0 Å². The van der Waals surface area contributed by atoms with Crippen LogP contribution in [0.1, 0.15) is 31.4 Å². The number of carbonyl (C=O) groups is 1. The van der Waals surface area contributed by atoms with Gasteiger partial charge in [0, 0.05) is 0 Å². The molecule has 1 atom stereocenters. The fourth-order valence-electron chi connectivity index (χ4n) is 1.17. The third-order valence-corrected chi connectivity index (χ3v) is 1.76. The quantitative estimate of drug-likeness (QED) is 0.750. The van der Waals surface area contributed by atoms with Crippen LogP contribution in [0, 0.1) is 0 Å². The first-order valence-corrected chi connectivity index (χ1v) is 4.02. The van der Waals surface area contributed by atoms with Gasteiger partial charge in [0.2, 0.25) is 0 Å². The Morgan fingerprint density at radius 2 is 2.50 bits per heavy atom. The van der Waals surface area contributed by atoms with Crippen molar-refractivity contribution < 1.29 is 14.3 Å². The molecule has 3 heteroatoms. The van der Waals surface area contributed by atoms with Crippen molar-refractivity contribution in [3.8, 4) is 0 Å². The summed E-state index contributed by atoms with van der Waals surface area (Å²) in [6.07, 6.45) is 2.97. The van der Waals surface area contributed by atoms with E-state index in [2.05, 4.69) is 0 Å². The van der Waals surface area contributed by atoms with Crippen LogP contribution in [0.3, 0.4) is 0 Å². The van der Waals surface area contributed by atoms with Gasteiger partial charge in [-0.25, -0.2) is 0 Å². The molecule has 1 heterocycles. The molecule has 0 radical (unpaired) electrons. The lowest BCUT2D eigenvalue weighted by atomic mass is 10.0. The van der Waals surface area contributed by atoms with Crippen LogP contribution in [-0.4, -0.2) is 11.1 Å². The summed E-state index contributed by atoms with van der Waals surface area (Å²) >= 11 is 0. The monoisotopic (exact) mass is 168 g/mol. The van der Waals surface area contributed by atoms with Crippen molar-refractivity contribution in [3.63, 3.8) is 0 Å². The van der Waals surface area contributed by atoms with Gasteiger partial charge in [0.15, 0.2) is 0 Å². The Morgan fingerprint density at radius 1 is 1.75 bits per heavy atom. The molecule has 0 aliphatic rings. The molecule has 0 fully saturated rings. The molecule has 1 rings (SSSR count). The second-order valence-corrected chi connectivity index (χ2v) is 2.69. The largest absolute Gasteiger partial charge is 0.481 e. The first-order valence-electron chi connectivity index (χ1n) is 4.02. The Bertz CT molecular complexity index is 238. The molecule has 0 bridgehead atoms. The summed E-state index contributed by atoms with van der Waals surface area (Å²) in [6.45, 7) is 1.96. The number of hydrogen-bond donors (Lipinski definition) is 1. The van der Waals surface area contributed by atoms with Crippen LogP contribution in [0.25, 0.3) is 0 Å². The number of carboxylic acids is 1. The molecule has 3 nitrogen and oxygen atoms in total. The summed E-state index contributed by atoms with van der Waals surface area (Å²) in [5.41, 5.74) is 0. The minimum absolute atomic E-state index is 0.481. The first-order chi connectivity index (χ1) is 5.75. The Balaban J connectivity index is 2.73. The van der Waals surface area contributed by atoms with E-state index in [1.807, 2.05) is 6.92 Å². The molecule has 0 aliphatic carbocycles. The Morgan fingerprint density at radius 3 is 2.92 bits per heavy atom. The van der Waals surface area contributed by atoms with Crippen molar-refractivity contribution in [2.24, 2.45) is 0 Å². The second-order valence-electron chi connectivity index (χ2n) is 2.69.